The van der Waals surface area contributed by atoms with Crippen molar-refractivity contribution in [2.24, 2.45) is 11.8 Å². The van der Waals surface area contributed by atoms with Crippen LogP contribution in [0.5, 0.6) is 0 Å². The van der Waals surface area contributed by atoms with Crippen molar-refractivity contribution < 1.29 is 4.79 Å². The van der Waals surface area contributed by atoms with Crippen LogP contribution in [0.25, 0.3) is 0 Å². The molecule has 7 heteroatoms. The molecule has 1 rings (SSSR count). The van der Waals surface area contributed by atoms with Crippen LogP contribution in [0, 0.1) is 17.2 Å². The van der Waals surface area contributed by atoms with Gasteiger partial charge in [-0.05, 0) is 5.92 Å². The van der Waals surface area contributed by atoms with Crippen molar-refractivity contribution in [3.63, 3.8) is 0 Å². The highest BCUT2D eigenvalue weighted by molar-refractivity contribution is 7.11. The number of thiazole rings is 1. The van der Waals surface area contributed by atoms with Gasteiger partial charge in [-0.1, -0.05) is 13.8 Å². The van der Waals surface area contributed by atoms with Crippen molar-refractivity contribution in [1.29, 1.82) is 5.26 Å². The molecule has 0 aromatic carbocycles. The van der Waals surface area contributed by atoms with Crippen molar-refractivity contribution in [2.45, 2.75) is 26.8 Å². The molecule has 0 saturated carbocycles. The molecular weight excluding hydrogens is 262 g/mol. The third kappa shape index (κ3) is 5.34. The number of nitriles is 1. The molecule has 0 bridgehead atoms. The summed E-state index contributed by atoms with van der Waals surface area (Å²) in [6.07, 6.45) is 0.493. The van der Waals surface area contributed by atoms with Gasteiger partial charge in [-0.3, -0.25) is 15.1 Å². The summed E-state index contributed by atoms with van der Waals surface area (Å²) in [5.74, 6) is 5.21. The Morgan fingerprint density at radius 2 is 2.42 bits per heavy atom. The second-order valence-corrected chi connectivity index (χ2v) is 5.51. The number of nitrogens with two attached hydrogens (primary N) is 1. The van der Waals surface area contributed by atoms with E-state index in [9.17, 15) is 4.79 Å². The Kier molecular flexibility index (Phi) is 6.42. The first kappa shape index (κ1) is 15.6. The van der Waals surface area contributed by atoms with Gasteiger partial charge in [0.15, 0.2) is 5.01 Å². The third-order valence-electron chi connectivity index (χ3n) is 2.43. The van der Waals surface area contributed by atoms with Gasteiger partial charge < -0.3 is 0 Å². The molecule has 104 valence electrons. The van der Waals surface area contributed by atoms with Crippen molar-refractivity contribution >= 4 is 17.2 Å². The minimum Gasteiger partial charge on any atom is -0.296 e. The predicted molar refractivity (Wildman–Crippen MR) is 74.1 cm³/mol. The van der Waals surface area contributed by atoms with E-state index in [-0.39, 0.29) is 5.91 Å². The smallest absolute Gasteiger partial charge is 0.294 e. The predicted octanol–water partition coefficient (Wildman–Crippen LogP) is 1.12. The summed E-state index contributed by atoms with van der Waals surface area (Å²) < 4.78 is 0. The molecule has 1 heterocycles. The lowest BCUT2D eigenvalue weighted by atomic mass is 10.2. The Labute approximate surface area is 117 Å². The van der Waals surface area contributed by atoms with Gasteiger partial charge in [0.05, 0.1) is 11.8 Å². The number of carbonyl (C=O) groups excluding carboxylic acids is 1. The van der Waals surface area contributed by atoms with Gasteiger partial charge in [-0.25, -0.2) is 10.8 Å². The first-order valence-corrected chi connectivity index (χ1v) is 6.99. The molecule has 0 aliphatic heterocycles. The number of amides is 1. The van der Waals surface area contributed by atoms with Gasteiger partial charge in [-0.15, -0.1) is 11.3 Å². The lowest BCUT2D eigenvalue weighted by Crippen LogP contribution is -2.30. The molecule has 0 radical (unpaired) electrons. The Morgan fingerprint density at radius 3 is 3.00 bits per heavy atom. The number of nitrogens with one attached hydrogen (secondary N) is 1. The summed E-state index contributed by atoms with van der Waals surface area (Å²) >= 11 is 1.27. The average molecular weight is 281 g/mol. The van der Waals surface area contributed by atoms with Crippen LogP contribution in [0.4, 0.5) is 0 Å². The number of hydrazine groups is 1. The van der Waals surface area contributed by atoms with E-state index in [1.807, 2.05) is 5.38 Å². The largest absolute Gasteiger partial charge is 0.296 e. The van der Waals surface area contributed by atoms with E-state index in [1.165, 1.54) is 11.3 Å². The Morgan fingerprint density at radius 1 is 1.68 bits per heavy atom. The minimum atomic E-state index is -0.372. The summed E-state index contributed by atoms with van der Waals surface area (Å²) in [6, 6.07) is 2.15. The molecule has 0 spiro atoms. The van der Waals surface area contributed by atoms with E-state index in [4.69, 9.17) is 11.1 Å². The van der Waals surface area contributed by atoms with Crippen LogP contribution in [0.1, 0.15) is 35.8 Å². The first-order chi connectivity index (χ1) is 9.06. The van der Waals surface area contributed by atoms with Crippen molar-refractivity contribution in [3.05, 3.63) is 16.1 Å². The molecular formula is C12H19N5OS. The van der Waals surface area contributed by atoms with Gasteiger partial charge in [-0.2, -0.15) is 5.26 Å². The monoisotopic (exact) mass is 281 g/mol. The fourth-order valence-corrected chi connectivity index (χ4v) is 2.44. The molecule has 1 aromatic heterocycles. The van der Waals surface area contributed by atoms with Crippen LogP contribution in [0.2, 0.25) is 0 Å². The van der Waals surface area contributed by atoms with Crippen LogP contribution in [-0.4, -0.2) is 28.9 Å². The molecule has 0 atom stereocenters. The molecule has 0 aliphatic carbocycles. The van der Waals surface area contributed by atoms with E-state index in [0.29, 0.717) is 30.4 Å². The van der Waals surface area contributed by atoms with Gasteiger partial charge in [0, 0.05) is 31.4 Å². The molecule has 0 unspecified atom stereocenters. The van der Waals surface area contributed by atoms with Gasteiger partial charge in [0.25, 0.3) is 5.91 Å². The highest BCUT2D eigenvalue weighted by atomic mass is 32.1. The Hall–Kier alpha value is -1.49. The standard InChI is InChI=1S/C12H19N5OS/c1-9(2)6-17(5-3-4-13)7-10-8-19-12(15-10)11(18)16-14/h8-9H,3,5-7,14H2,1-2H3,(H,16,18). The topological polar surface area (TPSA) is 95.0 Å². The van der Waals surface area contributed by atoms with Gasteiger partial charge in [0.1, 0.15) is 0 Å². The van der Waals surface area contributed by atoms with Crippen molar-refractivity contribution in [2.75, 3.05) is 13.1 Å². The van der Waals surface area contributed by atoms with Crippen LogP contribution >= 0.6 is 11.3 Å². The maximum Gasteiger partial charge on any atom is 0.294 e. The number of rotatable bonds is 7. The zero-order chi connectivity index (χ0) is 14.3. The SMILES string of the molecule is CC(C)CN(CCC#N)Cc1csc(C(=O)NN)n1. The van der Waals surface area contributed by atoms with Crippen molar-refractivity contribution in [1.82, 2.24) is 15.3 Å². The number of nitrogen functional groups attached to an aromatic ring is 1. The normalized spacial score (nSPS) is 10.7. The summed E-state index contributed by atoms with van der Waals surface area (Å²) in [5, 5.41) is 10.9. The maximum atomic E-state index is 11.3. The second kappa shape index (κ2) is 7.84. The van der Waals surface area contributed by atoms with E-state index < -0.39 is 0 Å². The van der Waals surface area contributed by atoms with Crippen LogP contribution in [0.15, 0.2) is 5.38 Å². The average Bonchev–Trinajstić information content (AvgIpc) is 2.82. The number of aromatic nitrogens is 1. The Bertz CT molecular complexity index is 451. The zero-order valence-electron chi connectivity index (χ0n) is 11.2. The number of hydrogen-bond donors (Lipinski definition) is 2. The van der Waals surface area contributed by atoms with Crippen LogP contribution in [-0.2, 0) is 6.54 Å². The zero-order valence-corrected chi connectivity index (χ0v) is 12.0. The molecule has 1 aromatic rings. The molecule has 6 nitrogen and oxygen atoms in total. The molecule has 0 fully saturated rings. The summed E-state index contributed by atoms with van der Waals surface area (Å²) in [6.45, 7) is 6.53. The quantitative estimate of drug-likeness (QED) is 0.443. The minimum absolute atomic E-state index is 0.363. The van der Waals surface area contributed by atoms with E-state index in [2.05, 4.69) is 35.2 Å². The summed E-state index contributed by atoms with van der Waals surface area (Å²) in [5.41, 5.74) is 2.90. The fourth-order valence-electron chi connectivity index (χ4n) is 1.73. The van der Waals surface area contributed by atoms with E-state index in [0.717, 1.165) is 12.2 Å². The van der Waals surface area contributed by atoms with Crippen LogP contribution < -0.4 is 11.3 Å². The molecule has 0 saturated heterocycles. The number of nitrogens with zero attached hydrogens (tertiary/aromatic N) is 3. The fraction of sp³-hybridized carbons (Fsp3) is 0.583. The highest BCUT2D eigenvalue weighted by Gasteiger charge is 2.13. The van der Waals surface area contributed by atoms with Gasteiger partial charge in [0.2, 0.25) is 0 Å². The molecule has 0 aliphatic rings. The third-order valence-corrected chi connectivity index (χ3v) is 3.32. The first-order valence-electron chi connectivity index (χ1n) is 6.11. The number of hydrogen-bond acceptors (Lipinski definition) is 6. The van der Waals surface area contributed by atoms with Crippen molar-refractivity contribution in [3.8, 4) is 6.07 Å². The number of carbonyl (C=O) groups is 1. The molecule has 3 N–H and O–H groups in total. The lowest BCUT2D eigenvalue weighted by Gasteiger charge is -2.22. The van der Waals surface area contributed by atoms with E-state index in [1.54, 1.807) is 0 Å². The summed E-state index contributed by atoms with van der Waals surface area (Å²) in [7, 11) is 0. The van der Waals surface area contributed by atoms with Crippen LogP contribution in [0.3, 0.4) is 0 Å². The Balaban J connectivity index is 2.65. The summed E-state index contributed by atoms with van der Waals surface area (Å²) in [4.78, 5) is 17.7. The van der Waals surface area contributed by atoms with Gasteiger partial charge >= 0.3 is 0 Å². The molecule has 19 heavy (non-hydrogen) atoms. The second-order valence-electron chi connectivity index (χ2n) is 4.65. The molecule has 1 amide bonds. The maximum absolute atomic E-state index is 11.3. The highest BCUT2D eigenvalue weighted by Crippen LogP contribution is 2.13. The van der Waals surface area contributed by atoms with E-state index >= 15 is 0 Å². The lowest BCUT2D eigenvalue weighted by molar-refractivity contribution is 0.0953.